The van der Waals surface area contributed by atoms with Crippen LogP contribution in [0.4, 0.5) is 0 Å². The average Bonchev–Trinajstić information content (AvgIpc) is 2.94. The second kappa shape index (κ2) is 6.50. The summed E-state index contributed by atoms with van der Waals surface area (Å²) in [5.41, 5.74) is 1.39. The van der Waals surface area contributed by atoms with Crippen LogP contribution in [0.25, 0.3) is 10.9 Å². The van der Waals surface area contributed by atoms with E-state index in [4.69, 9.17) is 0 Å². The predicted molar refractivity (Wildman–Crippen MR) is 87.1 cm³/mol. The van der Waals surface area contributed by atoms with Crippen molar-refractivity contribution < 1.29 is 9.90 Å². The van der Waals surface area contributed by atoms with Crippen molar-refractivity contribution in [3.63, 3.8) is 0 Å². The van der Waals surface area contributed by atoms with E-state index >= 15 is 0 Å². The smallest absolute Gasteiger partial charge is 0.261 e. The Bertz CT molecular complexity index is 784. The number of hydrogen-bond acceptors (Lipinski definition) is 4. The molecule has 0 bridgehead atoms. The molecule has 2 N–H and O–H groups in total. The monoisotopic (exact) mass is 315 g/mol. The summed E-state index contributed by atoms with van der Waals surface area (Å²) in [6, 6.07) is 5.44. The van der Waals surface area contributed by atoms with Gasteiger partial charge < -0.3 is 10.4 Å². The van der Waals surface area contributed by atoms with E-state index in [0.717, 1.165) is 24.8 Å². The van der Waals surface area contributed by atoms with Gasteiger partial charge in [-0.15, -0.1) is 0 Å². The Labute approximate surface area is 134 Å². The molecule has 2 aromatic rings. The fourth-order valence-corrected chi connectivity index (χ4v) is 3.16. The van der Waals surface area contributed by atoms with Gasteiger partial charge in [0.2, 0.25) is 5.91 Å². The molecular weight excluding hydrogens is 294 g/mol. The van der Waals surface area contributed by atoms with Gasteiger partial charge in [-0.3, -0.25) is 14.2 Å². The van der Waals surface area contributed by atoms with Crippen LogP contribution in [0.3, 0.4) is 0 Å². The number of para-hydroxylation sites is 1. The number of aliphatic hydroxyl groups excluding tert-OH is 1. The minimum atomic E-state index is -0.330. The third-order valence-electron chi connectivity index (χ3n) is 4.55. The lowest BCUT2D eigenvalue weighted by molar-refractivity contribution is -0.122. The summed E-state index contributed by atoms with van der Waals surface area (Å²) in [5, 5.41) is 13.1. The highest BCUT2D eigenvalue weighted by molar-refractivity contribution is 5.81. The number of fused-ring (bicyclic) bond motifs is 1. The minimum absolute atomic E-state index is 0.0570. The lowest BCUT2D eigenvalue weighted by Crippen LogP contribution is -2.36. The number of hydrogen-bond donors (Lipinski definition) is 2. The van der Waals surface area contributed by atoms with Crippen LogP contribution in [-0.4, -0.2) is 33.2 Å². The van der Waals surface area contributed by atoms with Crippen LogP contribution >= 0.6 is 0 Å². The zero-order valence-corrected chi connectivity index (χ0v) is 13.2. The van der Waals surface area contributed by atoms with Gasteiger partial charge >= 0.3 is 0 Å². The van der Waals surface area contributed by atoms with E-state index in [1.54, 1.807) is 6.07 Å². The molecule has 2 atom stereocenters. The van der Waals surface area contributed by atoms with E-state index in [1.807, 2.05) is 19.1 Å². The Kier molecular flexibility index (Phi) is 4.43. The van der Waals surface area contributed by atoms with Crippen LogP contribution in [0, 0.1) is 12.8 Å². The molecule has 23 heavy (non-hydrogen) atoms. The summed E-state index contributed by atoms with van der Waals surface area (Å²) >= 11 is 0. The summed E-state index contributed by atoms with van der Waals surface area (Å²) < 4.78 is 1.32. The molecule has 0 saturated heterocycles. The molecule has 1 aliphatic rings. The lowest BCUT2D eigenvalue weighted by atomic mass is 10.1. The molecule has 0 radical (unpaired) electrons. The summed E-state index contributed by atoms with van der Waals surface area (Å²) in [5.74, 6) is -0.118. The molecule has 1 heterocycles. The van der Waals surface area contributed by atoms with Crippen molar-refractivity contribution in [2.75, 3.05) is 6.54 Å². The summed E-state index contributed by atoms with van der Waals surface area (Å²) in [7, 11) is 0. The maximum absolute atomic E-state index is 12.4. The molecule has 6 nitrogen and oxygen atoms in total. The number of nitrogens with one attached hydrogen (secondary N) is 1. The van der Waals surface area contributed by atoms with Gasteiger partial charge in [0.1, 0.15) is 6.54 Å². The van der Waals surface area contributed by atoms with E-state index in [9.17, 15) is 14.7 Å². The zero-order chi connectivity index (χ0) is 16.4. The van der Waals surface area contributed by atoms with Gasteiger partial charge in [-0.2, -0.15) is 0 Å². The number of carbonyl (C=O) groups is 1. The van der Waals surface area contributed by atoms with Crippen molar-refractivity contribution in [2.45, 2.75) is 38.8 Å². The zero-order valence-electron chi connectivity index (χ0n) is 13.2. The first-order valence-electron chi connectivity index (χ1n) is 7.96. The van der Waals surface area contributed by atoms with Crippen molar-refractivity contribution in [1.29, 1.82) is 0 Å². The highest BCUT2D eigenvalue weighted by Gasteiger charge is 2.25. The molecular formula is C17H21N3O3. The number of aliphatic hydroxyl groups is 1. The Morgan fingerprint density at radius 3 is 3.00 bits per heavy atom. The van der Waals surface area contributed by atoms with Gasteiger partial charge in [-0.1, -0.05) is 18.6 Å². The highest BCUT2D eigenvalue weighted by Crippen LogP contribution is 2.24. The van der Waals surface area contributed by atoms with Crippen molar-refractivity contribution in [2.24, 2.45) is 5.92 Å². The van der Waals surface area contributed by atoms with Crippen molar-refractivity contribution in [3.05, 3.63) is 40.4 Å². The number of carbonyl (C=O) groups excluding carboxylic acids is 1. The molecule has 1 aliphatic carbocycles. The van der Waals surface area contributed by atoms with Crippen molar-refractivity contribution in [1.82, 2.24) is 14.9 Å². The Morgan fingerprint density at radius 2 is 2.26 bits per heavy atom. The summed E-state index contributed by atoms with van der Waals surface area (Å²) in [6.07, 6.45) is 3.81. The van der Waals surface area contributed by atoms with Gasteiger partial charge in [0.05, 0.1) is 23.3 Å². The number of amides is 1. The molecule has 1 aromatic heterocycles. The molecule has 122 valence electrons. The van der Waals surface area contributed by atoms with E-state index in [0.29, 0.717) is 17.4 Å². The van der Waals surface area contributed by atoms with E-state index < -0.39 is 0 Å². The Morgan fingerprint density at radius 1 is 1.43 bits per heavy atom. The van der Waals surface area contributed by atoms with E-state index in [1.165, 1.54) is 10.9 Å². The summed E-state index contributed by atoms with van der Waals surface area (Å²) in [6.45, 7) is 2.30. The van der Waals surface area contributed by atoms with Crippen molar-refractivity contribution >= 4 is 16.8 Å². The topological polar surface area (TPSA) is 84.2 Å². The first-order valence-corrected chi connectivity index (χ1v) is 7.96. The standard InChI is InChI=1S/C17H21N3O3/c1-11-4-2-6-13-16(11)19-10-20(17(13)23)9-15(22)18-8-12-5-3-7-14(12)21/h2,4,6,10,12,14,21H,3,5,7-9H2,1H3,(H,18,22). The van der Waals surface area contributed by atoms with Gasteiger partial charge in [-0.05, 0) is 31.4 Å². The maximum atomic E-state index is 12.4. The van der Waals surface area contributed by atoms with Crippen LogP contribution in [0.5, 0.6) is 0 Å². The van der Waals surface area contributed by atoms with Crippen LogP contribution in [0.1, 0.15) is 24.8 Å². The van der Waals surface area contributed by atoms with Gasteiger partial charge in [-0.25, -0.2) is 4.98 Å². The Balaban J connectivity index is 1.70. The predicted octanol–water partition coefficient (Wildman–Crippen LogP) is 0.982. The Hall–Kier alpha value is -2.21. The quantitative estimate of drug-likeness (QED) is 0.881. The number of benzene rings is 1. The third-order valence-corrected chi connectivity index (χ3v) is 4.55. The molecule has 2 unspecified atom stereocenters. The molecule has 0 spiro atoms. The molecule has 1 amide bonds. The number of nitrogens with zero attached hydrogens (tertiary/aromatic N) is 2. The van der Waals surface area contributed by atoms with Crippen LogP contribution < -0.4 is 10.9 Å². The molecule has 6 heteroatoms. The third kappa shape index (κ3) is 3.27. The van der Waals surface area contributed by atoms with Crippen LogP contribution in [0.15, 0.2) is 29.3 Å². The molecule has 1 fully saturated rings. The fraction of sp³-hybridized carbons (Fsp3) is 0.471. The fourth-order valence-electron chi connectivity index (χ4n) is 3.16. The van der Waals surface area contributed by atoms with Crippen LogP contribution in [0.2, 0.25) is 0 Å². The molecule has 3 rings (SSSR count). The average molecular weight is 315 g/mol. The normalized spacial score (nSPS) is 20.8. The first-order chi connectivity index (χ1) is 11.1. The SMILES string of the molecule is Cc1cccc2c(=O)n(CC(=O)NCC3CCCC3O)cnc12. The second-order valence-electron chi connectivity index (χ2n) is 6.21. The molecule has 0 aliphatic heterocycles. The summed E-state index contributed by atoms with van der Waals surface area (Å²) in [4.78, 5) is 28.8. The van der Waals surface area contributed by atoms with Crippen LogP contribution in [-0.2, 0) is 11.3 Å². The van der Waals surface area contributed by atoms with E-state index in [-0.39, 0.29) is 30.0 Å². The molecule has 1 aromatic carbocycles. The van der Waals surface area contributed by atoms with Gasteiger partial charge in [0, 0.05) is 12.5 Å². The number of rotatable bonds is 4. The lowest BCUT2D eigenvalue weighted by Gasteiger charge is -2.15. The number of aryl methyl sites for hydroxylation is 1. The first kappa shape index (κ1) is 15.7. The largest absolute Gasteiger partial charge is 0.393 e. The number of aromatic nitrogens is 2. The molecule has 1 saturated carbocycles. The minimum Gasteiger partial charge on any atom is -0.393 e. The van der Waals surface area contributed by atoms with Gasteiger partial charge in [0.15, 0.2) is 0 Å². The van der Waals surface area contributed by atoms with Crippen molar-refractivity contribution in [3.8, 4) is 0 Å². The second-order valence-corrected chi connectivity index (χ2v) is 6.21. The highest BCUT2D eigenvalue weighted by atomic mass is 16.3. The maximum Gasteiger partial charge on any atom is 0.261 e. The van der Waals surface area contributed by atoms with Gasteiger partial charge in [0.25, 0.3) is 5.56 Å². The van der Waals surface area contributed by atoms with E-state index in [2.05, 4.69) is 10.3 Å².